The molecule has 0 bridgehead atoms. The van der Waals surface area contributed by atoms with Crippen molar-refractivity contribution in [2.45, 2.75) is 38.9 Å². The van der Waals surface area contributed by atoms with Crippen molar-refractivity contribution in [1.82, 2.24) is 0 Å². The molecule has 6 rings (SSSR count). The van der Waals surface area contributed by atoms with Crippen LogP contribution in [0.25, 0.3) is 43.8 Å². The third kappa shape index (κ3) is 4.45. The van der Waals surface area contributed by atoms with E-state index in [1.54, 1.807) is 0 Å². The predicted molar refractivity (Wildman–Crippen MR) is 205 cm³/mol. The minimum Gasteiger partial charge on any atom is -0.399 e. The predicted octanol–water partition coefficient (Wildman–Crippen LogP) is -4.56. The summed E-state index contributed by atoms with van der Waals surface area (Å²) in [5.41, 5.74) is 15.1. The first-order chi connectivity index (χ1) is 19.7. The molecular formula is C32H36B8O2. The van der Waals surface area contributed by atoms with Crippen LogP contribution in [-0.4, -0.2) is 73.2 Å². The fourth-order valence-corrected chi connectivity index (χ4v) is 6.72. The SMILES string of the molecule is Bc1c(B)c(B)c2c(-c3ccc4cc(-c5cccc(B6OC(C)(C)C(C)(C)O6)c5)ccc4c3)c(B)c(B)c(B)c2c1B. The lowest BCUT2D eigenvalue weighted by Gasteiger charge is -2.32. The fourth-order valence-electron chi connectivity index (χ4n) is 6.72. The molecule has 0 aliphatic carbocycles. The molecule has 42 heavy (non-hydrogen) atoms. The van der Waals surface area contributed by atoms with Crippen molar-refractivity contribution in [2.75, 3.05) is 0 Å². The molecule has 1 aliphatic rings. The highest BCUT2D eigenvalue weighted by atomic mass is 16.7. The maximum atomic E-state index is 6.33. The van der Waals surface area contributed by atoms with E-state index in [-0.39, 0.29) is 18.3 Å². The average Bonchev–Trinajstić information content (AvgIpc) is 3.19. The van der Waals surface area contributed by atoms with Crippen LogP contribution in [0.2, 0.25) is 0 Å². The van der Waals surface area contributed by atoms with Gasteiger partial charge in [0.05, 0.1) is 11.2 Å². The highest BCUT2D eigenvalue weighted by Gasteiger charge is 2.51. The molecule has 200 valence electrons. The third-order valence-electron chi connectivity index (χ3n) is 10.7. The zero-order valence-corrected chi connectivity index (χ0v) is 27.2. The Balaban J connectivity index is 1.44. The molecule has 1 fully saturated rings. The second kappa shape index (κ2) is 10.1. The topological polar surface area (TPSA) is 18.5 Å². The second-order valence-corrected chi connectivity index (χ2v) is 13.5. The van der Waals surface area contributed by atoms with Crippen LogP contribution >= 0.6 is 0 Å². The van der Waals surface area contributed by atoms with Gasteiger partial charge in [0.25, 0.3) is 0 Å². The molecule has 1 saturated heterocycles. The average molecular weight is 539 g/mol. The molecule has 0 radical (unpaired) electrons. The van der Waals surface area contributed by atoms with Gasteiger partial charge in [-0.2, -0.15) is 0 Å². The first-order valence-electron chi connectivity index (χ1n) is 15.2. The summed E-state index contributed by atoms with van der Waals surface area (Å²) in [5.74, 6) is 0. The van der Waals surface area contributed by atoms with Gasteiger partial charge in [-0.05, 0) is 89.1 Å². The van der Waals surface area contributed by atoms with E-state index >= 15 is 0 Å². The molecular weight excluding hydrogens is 503 g/mol. The van der Waals surface area contributed by atoms with Crippen LogP contribution in [-0.2, 0) is 9.31 Å². The number of fused-ring (bicyclic) bond motifs is 2. The number of hydrogen-bond acceptors (Lipinski definition) is 2. The van der Waals surface area contributed by atoms with Crippen LogP contribution in [0, 0.1) is 0 Å². The summed E-state index contributed by atoms with van der Waals surface area (Å²) in [7, 11) is 15.6. The zero-order chi connectivity index (χ0) is 30.3. The van der Waals surface area contributed by atoms with Gasteiger partial charge in [0, 0.05) is 0 Å². The highest BCUT2D eigenvalue weighted by Crippen LogP contribution is 2.37. The standard InChI is InChI=1S/C32H36B8O2/c1-31(2)32(3,4)42-40(41-31)20-7-5-6-15(14-20)16-8-9-18-13-19(11-10-17(18)12-16)21-22-23(26(35)28(37)24(21)33)27(36)30(39)29(38)25(22)34/h5-14H,33-39H2,1-4H3. The van der Waals surface area contributed by atoms with Crippen molar-refractivity contribution in [1.29, 1.82) is 0 Å². The Hall–Kier alpha value is -2.94. The molecule has 0 atom stereocenters. The normalized spacial score (nSPS) is 16.0. The molecule has 0 spiro atoms. The molecule has 0 saturated carbocycles. The molecule has 1 aliphatic heterocycles. The second-order valence-electron chi connectivity index (χ2n) is 13.5. The van der Waals surface area contributed by atoms with Gasteiger partial charge in [0.1, 0.15) is 54.9 Å². The van der Waals surface area contributed by atoms with Crippen LogP contribution < -0.4 is 43.7 Å². The van der Waals surface area contributed by atoms with Crippen LogP contribution in [0.4, 0.5) is 0 Å². The van der Waals surface area contributed by atoms with E-state index in [2.05, 4.69) is 143 Å². The Labute approximate surface area is 257 Å². The lowest BCUT2D eigenvalue weighted by atomic mass is 9.59. The molecule has 0 N–H and O–H groups in total. The van der Waals surface area contributed by atoms with Gasteiger partial charge in [-0.25, -0.2) is 0 Å². The first kappa shape index (κ1) is 29.1. The van der Waals surface area contributed by atoms with Gasteiger partial charge >= 0.3 is 7.12 Å². The highest BCUT2D eigenvalue weighted by molar-refractivity contribution is 6.71. The minimum atomic E-state index is -0.367. The van der Waals surface area contributed by atoms with Gasteiger partial charge in [-0.3, -0.25) is 0 Å². The quantitative estimate of drug-likeness (QED) is 0.215. The van der Waals surface area contributed by atoms with Crippen LogP contribution in [0.5, 0.6) is 0 Å². The molecule has 10 heteroatoms. The fraction of sp³-hybridized carbons (Fsp3) is 0.188. The Morgan fingerprint density at radius 2 is 0.976 bits per heavy atom. The summed E-state index contributed by atoms with van der Waals surface area (Å²) in [6.45, 7) is 8.39. The van der Waals surface area contributed by atoms with Gasteiger partial charge < -0.3 is 9.31 Å². The maximum absolute atomic E-state index is 6.33. The summed E-state index contributed by atoms with van der Waals surface area (Å²) in [6, 6.07) is 22.4. The van der Waals surface area contributed by atoms with Gasteiger partial charge in [-0.1, -0.05) is 70.4 Å². The minimum absolute atomic E-state index is 0.358. The summed E-state index contributed by atoms with van der Waals surface area (Å²) in [4.78, 5) is 0. The van der Waals surface area contributed by atoms with Crippen molar-refractivity contribution in [3.05, 3.63) is 60.7 Å². The number of rotatable bonds is 3. The Morgan fingerprint density at radius 3 is 1.57 bits per heavy atom. The Morgan fingerprint density at radius 1 is 0.500 bits per heavy atom. The van der Waals surface area contributed by atoms with Crippen LogP contribution in [0.3, 0.4) is 0 Å². The molecule has 2 nitrogen and oxygen atoms in total. The van der Waals surface area contributed by atoms with Crippen LogP contribution in [0.15, 0.2) is 60.7 Å². The van der Waals surface area contributed by atoms with E-state index in [0.29, 0.717) is 0 Å². The Kier molecular flexibility index (Phi) is 6.99. The van der Waals surface area contributed by atoms with Gasteiger partial charge in [0.15, 0.2) is 0 Å². The number of benzene rings is 5. The lowest BCUT2D eigenvalue weighted by Crippen LogP contribution is -2.52. The largest absolute Gasteiger partial charge is 0.494 e. The molecule has 1 heterocycles. The zero-order valence-electron chi connectivity index (χ0n) is 27.2. The van der Waals surface area contributed by atoms with E-state index in [1.165, 1.54) is 82.0 Å². The van der Waals surface area contributed by atoms with E-state index < -0.39 is 0 Å². The lowest BCUT2D eigenvalue weighted by molar-refractivity contribution is 0.00578. The number of hydrogen-bond donors (Lipinski definition) is 0. The molecule has 0 amide bonds. The summed E-state index contributed by atoms with van der Waals surface area (Å²) >= 11 is 0. The van der Waals surface area contributed by atoms with Gasteiger partial charge in [-0.15, -0.1) is 16.4 Å². The monoisotopic (exact) mass is 540 g/mol. The van der Waals surface area contributed by atoms with Crippen molar-refractivity contribution in [3.63, 3.8) is 0 Å². The molecule has 5 aromatic rings. The van der Waals surface area contributed by atoms with Crippen molar-refractivity contribution in [2.24, 2.45) is 0 Å². The van der Waals surface area contributed by atoms with E-state index in [9.17, 15) is 0 Å². The smallest absolute Gasteiger partial charge is 0.399 e. The molecule has 0 unspecified atom stereocenters. The summed E-state index contributed by atoms with van der Waals surface area (Å²) in [5, 5.41) is 5.32. The Bertz CT molecular complexity index is 1910. The van der Waals surface area contributed by atoms with Crippen molar-refractivity contribution >= 4 is 127 Å². The summed E-state index contributed by atoms with van der Waals surface area (Å²) in [6.07, 6.45) is 0. The van der Waals surface area contributed by atoms with E-state index in [4.69, 9.17) is 9.31 Å². The van der Waals surface area contributed by atoms with E-state index in [1.807, 2.05) is 0 Å². The third-order valence-corrected chi connectivity index (χ3v) is 10.7. The summed E-state index contributed by atoms with van der Waals surface area (Å²) < 4.78 is 12.7. The van der Waals surface area contributed by atoms with Crippen LogP contribution in [0.1, 0.15) is 27.7 Å². The van der Waals surface area contributed by atoms with Crippen molar-refractivity contribution < 1.29 is 9.31 Å². The molecule has 0 aromatic heterocycles. The van der Waals surface area contributed by atoms with E-state index in [0.717, 1.165) is 5.46 Å². The maximum Gasteiger partial charge on any atom is 0.494 e. The first-order valence-corrected chi connectivity index (χ1v) is 15.2. The molecule has 5 aromatic carbocycles. The van der Waals surface area contributed by atoms with Crippen molar-refractivity contribution in [3.8, 4) is 22.3 Å². The van der Waals surface area contributed by atoms with Gasteiger partial charge in [0.2, 0.25) is 0 Å².